The third kappa shape index (κ3) is 4.93. The van der Waals surface area contributed by atoms with Crippen LogP contribution in [0, 0.1) is 0 Å². The van der Waals surface area contributed by atoms with Gasteiger partial charge in [0.25, 0.3) is 0 Å². The molecule has 5 heteroatoms. The number of aliphatic carboxylic acids is 1. The molecule has 1 N–H and O–H groups in total. The maximum atomic E-state index is 13.2. The second-order valence-electron chi connectivity index (χ2n) is 6.73. The molecule has 29 heavy (non-hydrogen) atoms. The van der Waals surface area contributed by atoms with E-state index in [0.29, 0.717) is 22.3 Å². The van der Waals surface area contributed by atoms with Crippen molar-refractivity contribution in [2.24, 2.45) is 0 Å². The van der Waals surface area contributed by atoms with Crippen LogP contribution >= 0.6 is 0 Å². The van der Waals surface area contributed by atoms with Crippen molar-refractivity contribution >= 4 is 17.6 Å². The quantitative estimate of drug-likeness (QED) is 0.501. The molecule has 148 valence electrons. The van der Waals surface area contributed by atoms with Crippen molar-refractivity contribution in [1.29, 1.82) is 0 Å². The Bertz CT molecular complexity index is 1040. The summed E-state index contributed by atoms with van der Waals surface area (Å²) < 4.78 is 39.7. The highest BCUT2D eigenvalue weighted by molar-refractivity contribution is 5.92. The van der Waals surface area contributed by atoms with Crippen LogP contribution in [0.25, 0.3) is 11.6 Å². The van der Waals surface area contributed by atoms with Gasteiger partial charge in [-0.05, 0) is 53.0 Å². The Balaban J connectivity index is 2.17. The third-order valence-electron chi connectivity index (χ3n) is 4.68. The number of carboxylic acid groups (broad SMARTS) is 1. The lowest BCUT2D eigenvalue weighted by Crippen LogP contribution is -2.08. The molecule has 0 aliphatic heterocycles. The Morgan fingerprint density at radius 1 is 0.897 bits per heavy atom. The summed E-state index contributed by atoms with van der Waals surface area (Å²) in [7, 11) is 0. The van der Waals surface area contributed by atoms with E-state index in [0.717, 1.165) is 17.7 Å². The number of rotatable bonds is 5. The molecule has 3 aromatic rings. The van der Waals surface area contributed by atoms with Crippen molar-refractivity contribution in [2.45, 2.75) is 19.0 Å². The van der Waals surface area contributed by atoms with Crippen molar-refractivity contribution < 1.29 is 23.1 Å². The van der Waals surface area contributed by atoms with Crippen LogP contribution in [0.1, 0.15) is 40.7 Å². The first-order chi connectivity index (χ1) is 13.8. The topological polar surface area (TPSA) is 37.3 Å². The molecule has 3 aromatic carbocycles. The van der Waals surface area contributed by atoms with Crippen LogP contribution in [0.4, 0.5) is 13.2 Å². The van der Waals surface area contributed by atoms with Gasteiger partial charge in [-0.15, -0.1) is 0 Å². The molecule has 0 saturated carbocycles. The van der Waals surface area contributed by atoms with Gasteiger partial charge in [0.1, 0.15) is 0 Å². The van der Waals surface area contributed by atoms with E-state index >= 15 is 0 Å². The van der Waals surface area contributed by atoms with Gasteiger partial charge in [-0.25, -0.2) is 0 Å². The van der Waals surface area contributed by atoms with Crippen LogP contribution in [0.5, 0.6) is 0 Å². The minimum atomic E-state index is -4.45. The first kappa shape index (κ1) is 20.4. The Hall–Kier alpha value is -3.34. The monoisotopic (exact) mass is 396 g/mol. The fourth-order valence-electron chi connectivity index (χ4n) is 3.03. The number of halogens is 3. The molecule has 0 spiro atoms. The van der Waals surface area contributed by atoms with Gasteiger partial charge in [-0.3, -0.25) is 4.79 Å². The van der Waals surface area contributed by atoms with Gasteiger partial charge in [0.2, 0.25) is 0 Å². The van der Waals surface area contributed by atoms with Crippen molar-refractivity contribution in [3.05, 3.63) is 107 Å². The maximum Gasteiger partial charge on any atom is 0.416 e. The predicted octanol–water partition coefficient (Wildman–Crippen LogP) is 6.48. The first-order valence-electron chi connectivity index (χ1n) is 9.03. The largest absolute Gasteiger partial charge is 0.481 e. The average Bonchev–Trinajstić information content (AvgIpc) is 2.71. The first-order valence-corrected chi connectivity index (χ1v) is 9.03. The molecule has 0 saturated heterocycles. The van der Waals surface area contributed by atoms with E-state index in [2.05, 4.69) is 0 Å². The minimum absolute atomic E-state index is 0.406. The Morgan fingerprint density at radius 2 is 1.52 bits per heavy atom. The zero-order chi connectivity index (χ0) is 21.0. The predicted molar refractivity (Wildman–Crippen MR) is 107 cm³/mol. The Labute approximate surface area is 166 Å². The molecule has 1 atom stereocenters. The fourth-order valence-corrected chi connectivity index (χ4v) is 3.03. The molecule has 0 amide bonds. The molecule has 0 aliphatic rings. The van der Waals surface area contributed by atoms with Gasteiger partial charge < -0.3 is 5.11 Å². The van der Waals surface area contributed by atoms with E-state index in [1.54, 1.807) is 43.3 Å². The van der Waals surface area contributed by atoms with Crippen LogP contribution in [-0.2, 0) is 11.0 Å². The SMILES string of the molecule is CC(C(=O)O)c1cccc(/C(=C\c2ccccc2)c2cccc(C(F)(F)F)c2)c1. The molecule has 3 rings (SSSR count). The summed E-state index contributed by atoms with van der Waals surface area (Å²) in [4.78, 5) is 11.4. The number of alkyl halides is 3. The zero-order valence-corrected chi connectivity index (χ0v) is 15.6. The standard InChI is InChI=1S/C24H19F3O2/c1-16(23(28)29)18-9-5-10-19(14-18)22(13-17-7-3-2-4-8-17)20-11-6-12-21(15-20)24(25,26)27/h2-16H,1H3,(H,28,29)/b22-13+. The van der Waals surface area contributed by atoms with E-state index < -0.39 is 23.6 Å². The molecule has 0 fully saturated rings. The van der Waals surface area contributed by atoms with Crippen LogP contribution in [0.15, 0.2) is 78.9 Å². The molecular weight excluding hydrogens is 377 g/mol. The number of carbonyl (C=O) groups is 1. The molecular formula is C24H19F3O2. The summed E-state index contributed by atoms with van der Waals surface area (Å²) in [5.41, 5.74) is 2.32. The summed E-state index contributed by atoms with van der Waals surface area (Å²) in [6.45, 7) is 1.58. The van der Waals surface area contributed by atoms with Crippen LogP contribution < -0.4 is 0 Å². The van der Waals surface area contributed by atoms with Crippen molar-refractivity contribution in [3.63, 3.8) is 0 Å². The zero-order valence-electron chi connectivity index (χ0n) is 15.6. The van der Waals surface area contributed by atoms with Crippen molar-refractivity contribution in [2.75, 3.05) is 0 Å². The van der Waals surface area contributed by atoms with E-state index in [1.807, 2.05) is 30.3 Å². The van der Waals surface area contributed by atoms with E-state index in [4.69, 9.17) is 0 Å². The van der Waals surface area contributed by atoms with Crippen molar-refractivity contribution in [3.8, 4) is 0 Å². The molecule has 0 heterocycles. The summed E-state index contributed by atoms with van der Waals surface area (Å²) in [6, 6.07) is 21.3. The van der Waals surface area contributed by atoms with Crippen LogP contribution in [0.2, 0.25) is 0 Å². The second-order valence-corrected chi connectivity index (χ2v) is 6.73. The molecule has 0 bridgehead atoms. The van der Waals surface area contributed by atoms with Crippen molar-refractivity contribution in [1.82, 2.24) is 0 Å². The Kier molecular flexibility index (Phi) is 5.87. The van der Waals surface area contributed by atoms with Gasteiger partial charge in [0.05, 0.1) is 11.5 Å². The van der Waals surface area contributed by atoms with E-state index in [9.17, 15) is 23.1 Å². The highest BCUT2D eigenvalue weighted by Crippen LogP contribution is 2.34. The summed E-state index contributed by atoms with van der Waals surface area (Å²) in [6.07, 6.45) is -2.65. The molecule has 1 unspecified atom stereocenters. The number of hydrogen-bond acceptors (Lipinski definition) is 1. The van der Waals surface area contributed by atoms with Gasteiger partial charge >= 0.3 is 12.1 Å². The molecule has 0 aromatic heterocycles. The molecule has 0 radical (unpaired) electrons. The molecule has 0 aliphatic carbocycles. The third-order valence-corrected chi connectivity index (χ3v) is 4.68. The summed E-state index contributed by atoms with van der Waals surface area (Å²) in [5, 5.41) is 9.30. The smallest absolute Gasteiger partial charge is 0.416 e. The maximum absolute atomic E-state index is 13.2. The lowest BCUT2D eigenvalue weighted by molar-refractivity contribution is -0.138. The Morgan fingerprint density at radius 3 is 2.14 bits per heavy atom. The number of benzene rings is 3. The van der Waals surface area contributed by atoms with Crippen LogP contribution in [0.3, 0.4) is 0 Å². The fraction of sp³-hybridized carbons (Fsp3) is 0.125. The minimum Gasteiger partial charge on any atom is -0.481 e. The number of carboxylic acids is 1. The van der Waals surface area contributed by atoms with E-state index in [1.165, 1.54) is 6.07 Å². The van der Waals surface area contributed by atoms with Gasteiger partial charge in [-0.1, -0.05) is 66.7 Å². The second kappa shape index (κ2) is 8.35. The van der Waals surface area contributed by atoms with Gasteiger partial charge in [0, 0.05) is 0 Å². The number of hydrogen-bond donors (Lipinski definition) is 1. The highest BCUT2D eigenvalue weighted by Gasteiger charge is 2.30. The lowest BCUT2D eigenvalue weighted by Gasteiger charge is -2.14. The lowest BCUT2D eigenvalue weighted by atomic mass is 9.91. The van der Waals surface area contributed by atoms with E-state index in [-0.39, 0.29) is 0 Å². The summed E-state index contributed by atoms with van der Waals surface area (Å²) in [5.74, 6) is -1.69. The average molecular weight is 396 g/mol. The highest BCUT2D eigenvalue weighted by atomic mass is 19.4. The normalized spacial score (nSPS) is 13.2. The molecule has 2 nitrogen and oxygen atoms in total. The van der Waals surface area contributed by atoms with Gasteiger partial charge in [0.15, 0.2) is 0 Å². The van der Waals surface area contributed by atoms with Gasteiger partial charge in [-0.2, -0.15) is 13.2 Å². The summed E-state index contributed by atoms with van der Waals surface area (Å²) >= 11 is 0. The van der Waals surface area contributed by atoms with Crippen LogP contribution in [-0.4, -0.2) is 11.1 Å².